The fraction of sp³-hybridized carbons (Fsp3) is 0.360. The molecule has 0 nitrogen and oxygen atoms in total. The maximum atomic E-state index is 2.56. The topological polar surface area (TPSA) is 0 Å². The van der Waals surface area contributed by atoms with E-state index in [2.05, 4.69) is 99.4 Å². The number of hydrogen-bond donors (Lipinski definition) is 0. The van der Waals surface area contributed by atoms with Crippen LogP contribution in [0.3, 0.4) is 0 Å². The molecule has 0 atom stereocenters. The molecular weight excluding hydrogens is 328 g/mol. The molecule has 0 radical (unpaired) electrons. The Morgan fingerprint density at radius 2 is 1.38 bits per heavy atom. The summed E-state index contributed by atoms with van der Waals surface area (Å²) >= 11 is 0. The van der Waals surface area contributed by atoms with E-state index >= 15 is 0 Å². The highest BCUT2D eigenvalue weighted by atomic mass is 28.3. The minimum absolute atomic E-state index is 0.0278. The molecule has 1 aliphatic carbocycles. The zero-order valence-corrected chi connectivity index (χ0v) is 17.8. The van der Waals surface area contributed by atoms with Crippen LogP contribution in [0.25, 0.3) is 0 Å². The molecule has 0 bridgehead atoms. The van der Waals surface area contributed by atoms with E-state index in [0.717, 1.165) is 6.42 Å². The fourth-order valence-electron chi connectivity index (χ4n) is 4.17. The quantitative estimate of drug-likeness (QED) is 0.454. The summed E-state index contributed by atoms with van der Waals surface area (Å²) in [5, 5.41) is 1.68. The van der Waals surface area contributed by atoms with Crippen molar-refractivity contribution in [2.45, 2.75) is 57.7 Å². The van der Waals surface area contributed by atoms with E-state index in [-0.39, 0.29) is 5.41 Å². The van der Waals surface area contributed by atoms with Crippen molar-refractivity contribution in [2.75, 3.05) is 0 Å². The van der Waals surface area contributed by atoms with E-state index < -0.39 is 8.07 Å². The van der Waals surface area contributed by atoms with Crippen LogP contribution in [0.5, 0.6) is 0 Å². The molecule has 136 valence electrons. The van der Waals surface area contributed by atoms with Gasteiger partial charge in [0.15, 0.2) is 0 Å². The molecule has 2 aromatic carbocycles. The summed E-state index contributed by atoms with van der Waals surface area (Å²) < 4.78 is 0. The summed E-state index contributed by atoms with van der Waals surface area (Å²) in [6.07, 6.45) is 9.83. The second-order valence-electron chi connectivity index (χ2n) is 8.52. The Balaban J connectivity index is 2.20. The van der Waals surface area contributed by atoms with Crippen LogP contribution in [-0.2, 0) is 5.41 Å². The SMILES string of the molecule is CCCCC(C1=CCC([Si](C)(C)C)=C1)(c1ccccc1)c1ccccc1. The van der Waals surface area contributed by atoms with Gasteiger partial charge in [0.2, 0.25) is 0 Å². The lowest BCUT2D eigenvalue weighted by Gasteiger charge is -2.37. The van der Waals surface area contributed by atoms with Gasteiger partial charge in [0.1, 0.15) is 0 Å². The first-order valence-corrected chi connectivity index (χ1v) is 13.5. The predicted octanol–water partition coefficient (Wildman–Crippen LogP) is 7.30. The third kappa shape index (κ3) is 3.64. The lowest BCUT2D eigenvalue weighted by Crippen LogP contribution is -2.30. The summed E-state index contributed by atoms with van der Waals surface area (Å²) in [6.45, 7) is 9.70. The van der Waals surface area contributed by atoms with Gasteiger partial charge in [-0.1, -0.05) is 117 Å². The van der Waals surface area contributed by atoms with Crippen molar-refractivity contribution in [3.05, 3.63) is 94.7 Å². The molecule has 0 spiro atoms. The average molecular weight is 361 g/mol. The van der Waals surface area contributed by atoms with Gasteiger partial charge in [0.05, 0.1) is 8.07 Å². The molecule has 3 rings (SSSR count). The largest absolute Gasteiger partial charge is 0.0770 e. The molecule has 0 saturated heterocycles. The zero-order valence-electron chi connectivity index (χ0n) is 16.8. The van der Waals surface area contributed by atoms with Gasteiger partial charge in [-0.05, 0) is 29.5 Å². The monoisotopic (exact) mass is 360 g/mol. The van der Waals surface area contributed by atoms with Crippen LogP contribution in [-0.4, -0.2) is 8.07 Å². The number of unbranched alkanes of at least 4 members (excludes halogenated alkanes) is 1. The van der Waals surface area contributed by atoms with Crippen LogP contribution in [0.1, 0.15) is 43.7 Å². The molecule has 2 aromatic rings. The number of allylic oxidation sites excluding steroid dienone is 4. The first kappa shape index (κ1) is 18.9. The second kappa shape index (κ2) is 7.80. The first-order valence-electron chi connectivity index (χ1n) is 10.0. The van der Waals surface area contributed by atoms with Gasteiger partial charge in [0, 0.05) is 5.41 Å². The van der Waals surface area contributed by atoms with Crippen LogP contribution in [0, 0.1) is 0 Å². The molecule has 26 heavy (non-hydrogen) atoms. The highest BCUT2D eigenvalue weighted by Crippen LogP contribution is 2.47. The Hall–Kier alpha value is -1.86. The minimum Gasteiger partial charge on any atom is -0.0770 e. The number of benzene rings is 2. The Kier molecular flexibility index (Phi) is 5.67. The minimum atomic E-state index is -1.27. The van der Waals surface area contributed by atoms with E-state index in [1.54, 1.807) is 5.20 Å². The lowest BCUT2D eigenvalue weighted by molar-refractivity contribution is 0.527. The molecule has 0 heterocycles. The van der Waals surface area contributed by atoms with Crippen LogP contribution in [0.4, 0.5) is 0 Å². The Morgan fingerprint density at radius 1 is 0.846 bits per heavy atom. The first-order chi connectivity index (χ1) is 12.5. The van der Waals surface area contributed by atoms with Crippen molar-refractivity contribution in [2.24, 2.45) is 0 Å². The Labute approximate surface area is 160 Å². The second-order valence-corrected chi connectivity index (χ2v) is 13.7. The number of hydrogen-bond acceptors (Lipinski definition) is 0. The fourth-order valence-corrected chi connectivity index (χ4v) is 5.47. The maximum Gasteiger partial charge on any atom is 0.0728 e. The Bertz CT molecular complexity index is 736. The molecule has 0 unspecified atom stereocenters. The van der Waals surface area contributed by atoms with Crippen molar-refractivity contribution in [1.29, 1.82) is 0 Å². The summed E-state index contributed by atoms with van der Waals surface area (Å²) in [5.41, 5.74) is 4.35. The predicted molar refractivity (Wildman–Crippen MR) is 117 cm³/mol. The smallest absolute Gasteiger partial charge is 0.0728 e. The third-order valence-electron chi connectivity index (χ3n) is 5.77. The summed E-state index contributed by atoms with van der Waals surface area (Å²) in [4.78, 5) is 0. The van der Waals surface area contributed by atoms with Crippen LogP contribution in [0.2, 0.25) is 19.6 Å². The van der Waals surface area contributed by atoms with Crippen molar-refractivity contribution >= 4 is 8.07 Å². The van der Waals surface area contributed by atoms with Crippen LogP contribution >= 0.6 is 0 Å². The molecule has 0 aliphatic heterocycles. The highest BCUT2D eigenvalue weighted by Gasteiger charge is 2.38. The van der Waals surface area contributed by atoms with Gasteiger partial charge in [-0.2, -0.15) is 0 Å². The van der Waals surface area contributed by atoms with Crippen molar-refractivity contribution in [3.63, 3.8) is 0 Å². The third-order valence-corrected chi connectivity index (χ3v) is 8.04. The molecule has 0 aromatic heterocycles. The van der Waals surface area contributed by atoms with E-state index in [1.807, 2.05) is 0 Å². The molecular formula is C25H32Si. The van der Waals surface area contributed by atoms with E-state index in [1.165, 1.54) is 36.0 Å². The van der Waals surface area contributed by atoms with Gasteiger partial charge < -0.3 is 0 Å². The van der Waals surface area contributed by atoms with Gasteiger partial charge in [-0.25, -0.2) is 0 Å². The molecule has 1 aliphatic rings. The van der Waals surface area contributed by atoms with E-state index in [0.29, 0.717) is 0 Å². The van der Waals surface area contributed by atoms with Crippen molar-refractivity contribution in [1.82, 2.24) is 0 Å². The van der Waals surface area contributed by atoms with Crippen molar-refractivity contribution in [3.8, 4) is 0 Å². The lowest BCUT2D eigenvalue weighted by atomic mass is 9.66. The van der Waals surface area contributed by atoms with Crippen LogP contribution < -0.4 is 0 Å². The van der Waals surface area contributed by atoms with E-state index in [4.69, 9.17) is 0 Å². The van der Waals surface area contributed by atoms with Gasteiger partial charge in [-0.3, -0.25) is 0 Å². The summed E-state index contributed by atoms with van der Waals surface area (Å²) in [6, 6.07) is 22.3. The normalized spacial score (nSPS) is 14.9. The van der Waals surface area contributed by atoms with Gasteiger partial charge in [-0.15, -0.1) is 0 Å². The average Bonchev–Trinajstić information content (AvgIpc) is 3.15. The Morgan fingerprint density at radius 3 is 1.81 bits per heavy atom. The standard InChI is InChI=1S/C25H32Si/c1-5-6-19-25(21-13-9-7-10-14-21,22-15-11-8-12-16-22)23-17-18-24(20-23)26(2,3)4/h7-17,20H,5-6,18-19H2,1-4H3. The molecule has 0 fully saturated rings. The summed E-state index contributed by atoms with van der Waals surface area (Å²) in [5.74, 6) is 0. The highest BCUT2D eigenvalue weighted by molar-refractivity contribution is 6.83. The number of rotatable bonds is 7. The molecule has 0 saturated carbocycles. The molecule has 0 N–H and O–H groups in total. The molecule has 0 amide bonds. The van der Waals surface area contributed by atoms with E-state index in [9.17, 15) is 0 Å². The summed E-state index contributed by atoms with van der Waals surface area (Å²) in [7, 11) is -1.27. The van der Waals surface area contributed by atoms with Crippen LogP contribution in [0.15, 0.2) is 83.6 Å². The van der Waals surface area contributed by atoms with Crippen molar-refractivity contribution < 1.29 is 0 Å². The maximum absolute atomic E-state index is 2.56. The molecule has 1 heteroatoms. The van der Waals surface area contributed by atoms with Gasteiger partial charge >= 0.3 is 0 Å². The zero-order chi connectivity index (χ0) is 18.6. The van der Waals surface area contributed by atoms with Gasteiger partial charge in [0.25, 0.3) is 0 Å².